The maximum atomic E-state index is 6.13. The minimum absolute atomic E-state index is 0.468. The lowest BCUT2D eigenvalue weighted by Gasteiger charge is -2.33. The quantitative estimate of drug-likeness (QED) is 0.0812. The molecule has 0 spiro atoms. The summed E-state index contributed by atoms with van der Waals surface area (Å²) < 4.78 is 0. The lowest BCUT2D eigenvalue weighted by Crippen LogP contribution is -2.16. The molecule has 4 heteroatoms. The summed E-state index contributed by atoms with van der Waals surface area (Å²) in [6.07, 6.45) is 13.6. The van der Waals surface area contributed by atoms with Crippen molar-refractivity contribution in [3.63, 3.8) is 0 Å². The Kier molecular flexibility index (Phi) is 13.8. The largest absolute Gasteiger partial charge is 0.321 e. The summed E-state index contributed by atoms with van der Waals surface area (Å²) in [5.41, 5.74) is 17.6. The first kappa shape index (κ1) is 44.1. The van der Waals surface area contributed by atoms with Gasteiger partial charge < -0.3 is 10.7 Å². The van der Waals surface area contributed by atoms with E-state index in [1.807, 2.05) is 68.4 Å². The maximum Gasteiger partial charge on any atom is 0.179 e. The fraction of sp³-hybridized carbons (Fsp3) is 0.148. The Hall–Kier alpha value is -7.56. The molecule has 1 heterocycles. The van der Waals surface area contributed by atoms with E-state index in [4.69, 9.17) is 17.4 Å². The van der Waals surface area contributed by atoms with Crippen LogP contribution in [0.3, 0.4) is 0 Å². The molecule has 0 aromatic heterocycles. The molecular weight excluding hydrogens is 789 g/mol. The summed E-state index contributed by atoms with van der Waals surface area (Å²) in [7, 11) is 0. The van der Waals surface area contributed by atoms with Crippen molar-refractivity contribution in [3.8, 4) is 0 Å². The second-order valence-corrected chi connectivity index (χ2v) is 16.5. The Bertz CT molecular complexity index is 3100. The fourth-order valence-corrected chi connectivity index (χ4v) is 9.24. The van der Waals surface area contributed by atoms with Crippen LogP contribution in [0.25, 0.3) is 27.1 Å². The molecule has 0 unspecified atom stereocenters. The number of amidine groups is 1. The molecule has 0 saturated carbocycles. The zero-order valence-electron chi connectivity index (χ0n) is 38.4. The maximum absolute atomic E-state index is 6.13. The van der Waals surface area contributed by atoms with Crippen molar-refractivity contribution in [2.24, 2.45) is 15.9 Å². The molecule has 322 valence electrons. The molecule has 0 radical (unpaired) electrons. The molecule has 0 fully saturated rings. The van der Waals surface area contributed by atoms with Gasteiger partial charge in [0.15, 0.2) is 5.84 Å². The minimum atomic E-state index is 0.468. The van der Waals surface area contributed by atoms with Gasteiger partial charge in [0.25, 0.3) is 0 Å². The summed E-state index contributed by atoms with van der Waals surface area (Å²) in [6, 6.07) is 56.8. The van der Waals surface area contributed by atoms with E-state index in [9.17, 15) is 0 Å². The smallest absolute Gasteiger partial charge is 0.179 e. The Balaban J connectivity index is 0.000000580. The highest BCUT2D eigenvalue weighted by Gasteiger charge is 2.28. The van der Waals surface area contributed by atoms with E-state index in [2.05, 4.69) is 164 Å². The number of hydrazone groups is 1. The average Bonchev–Trinajstić information content (AvgIpc) is 3.36. The van der Waals surface area contributed by atoms with E-state index in [0.29, 0.717) is 5.84 Å². The van der Waals surface area contributed by atoms with E-state index in [1.165, 1.54) is 39.0 Å². The van der Waals surface area contributed by atoms with Crippen molar-refractivity contribution in [1.82, 2.24) is 0 Å². The Labute approximate surface area is 385 Å². The van der Waals surface area contributed by atoms with Gasteiger partial charge in [-0.2, -0.15) is 5.10 Å². The van der Waals surface area contributed by atoms with Crippen LogP contribution in [0.15, 0.2) is 238 Å². The molecule has 0 bridgehead atoms. The van der Waals surface area contributed by atoms with Crippen LogP contribution in [0, 0.1) is 6.92 Å². The SMILES string of the molecule is C=C1/C(C2=C(C)CCC3=C2CCC=C3)=C(C)\C=C/N(c2ccc(C(=N/C(=N\N)c3ccc4ccccc4c3)c3ccccc3)c3ccccc23)c2ccccc21.CC.Cc1ccccc1. The predicted molar refractivity (Wildman–Crippen MR) is 280 cm³/mol. The molecule has 1 aliphatic heterocycles. The first-order valence-electron chi connectivity index (χ1n) is 22.9. The molecule has 2 N–H and O–H groups in total. The Morgan fingerprint density at radius 3 is 2.02 bits per heavy atom. The highest BCUT2D eigenvalue weighted by atomic mass is 15.2. The van der Waals surface area contributed by atoms with Crippen LogP contribution in [0.2, 0.25) is 0 Å². The van der Waals surface area contributed by atoms with Crippen LogP contribution in [0.4, 0.5) is 11.4 Å². The molecule has 0 saturated heterocycles. The van der Waals surface area contributed by atoms with Crippen LogP contribution in [0.1, 0.15) is 81.2 Å². The number of nitrogens with zero attached hydrogens (tertiary/aromatic N) is 3. The summed E-state index contributed by atoms with van der Waals surface area (Å²) in [5, 5.41) is 8.69. The molecule has 2 aliphatic carbocycles. The third kappa shape index (κ3) is 9.25. The van der Waals surface area contributed by atoms with Crippen LogP contribution >= 0.6 is 0 Å². The van der Waals surface area contributed by atoms with Crippen molar-refractivity contribution < 1.29 is 0 Å². The Morgan fingerprint density at radius 1 is 0.600 bits per heavy atom. The molecule has 10 rings (SSSR count). The second kappa shape index (κ2) is 20.3. The number of fused-ring (bicyclic) bond motifs is 3. The molecule has 4 nitrogen and oxygen atoms in total. The number of benzene rings is 7. The highest BCUT2D eigenvalue weighted by Crippen LogP contribution is 2.48. The lowest BCUT2D eigenvalue weighted by atomic mass is 9.74. The van der Waals surface area contributed by atoms with Gasteiger partial charge in [-0.15, -0.1) is 0 Å². The second-order valence-electron chi connectivity index (χ2n) is 16.5. The first-order valence-corrected chi connectivity index (χ1v) is 22.9. The zero-order chi connectivity index (χ0) is 45.3. The van der Waals surface area contributed by atoms with E-state index in [-0.39, 0.29) is 0 Å². The zero-order valence-corrected chi connectivity index (χ0v) is 38.4. The van der Waals surface area contributed by atoms with E-state index >= 15 is 0 Å². The third-order valence-electron chi connectivity index (χ3n) is 12.4. The van der Waals surface area contributed by atoms with Gasteiger partial charge in [-0.05, 0) is 120 Å². The van der Waals surface area contributed by atoms with Crippen LogP contribution in [0.5, 0.6) is 0 Å². The van der Waals surface area contributed by atoms with Gasteiger partial charge in [0, 0.05) is 33.8 Å². The highest BCUT2D eigenvalue weighted by molar-refractivity contribution is 6.25. The standard InChI is InChI=1S/C52H44N4.C7H8.C2H6/c1-34-25-26-38-16-9-10-21-43(38)50(34)49-35(2)31-32-56(47-24-14-13-20-42(47)36(49)3)48-30-29-46(44-22-11-12-23-45(44)48)51(39-17-5-4-6-18-39)54-52(55-53)41-28-27-37-15-7-8-19-40(37)33-41;1-7-5-3-2-4-6-7;1-2/h4-9,11-20,22-24,27-33H,3,10,21,25-26,53H2,1-2H3;2-6H,1H3;1-2H3/b32-31-,49-35+,54-51?,55-52-;;. The molecule has 7 aromatic carbocycles. The molecule has 65 heavy (non-hydrogen) atoms. The number of hydrogen-bond acceptors (Lipinski definition) is 3. The van der Waals surface area contributed by atoms with Crippen molar-refractivity contribution >= 4 is 50.0 Å². The van der Waals surface area contributed by atoms with Gasteiger partial charge in [-0.3, -0.25) is 0 Å². The number of para-hydroxylation sites is 1. The number of rotatable bonds is 5. The molecule has 0 atom stereocenters. The summed E-state index contributed by atoms with van der Waals surface area (Å²) >= 11 is 0. The molecule has 0 amide bonds. The van der Waals surface area contributed by atoms with Gasteiger partial charge in [-0.1, -0.05) is 189 Å². The van der Waals surface area contributed by atoms with Crippen molar-refractivity contribution in [3.05, 3.63) is 256 Å². The number of anilines is 2. The minimum Gasteiger partial charge on any atom is -0.321 e. The number of aliphatic imine (C=N–C) groups is 1. The van der Waals surface area contributed by atoms with E-state index in [0.717, 1.165) is 92.1 Å². The summed E-state index contributed by atoms with van der Waals surface area (Å²) in [5.74, 6) is 6.60. The number of aryl methyl sites for hydroxylation is 1. The summed E-state index contributed by atoms with van der Waals surface area (Å²) in [6.45, 7) is 15.5. The predicted octanol–water partition coefficient (Wildman–Crippen LogP) is 15.9. The number of hydrogen-bond donors (Lipinski definition) is 1. The fourth-order valence-electron chi connectivity index (χ4n) is 9.24. The lowest BCUT2D eigenvalue weighted by molar-refractivity contribution is 0.831. The molecular formula is C61H58N4. The normalized spacial score (nSPS) is 16.8. The van der Waals surface area contributed by atoms with Gasteiger partial charge in [-0.25, -0.2) is 4.99 Å². The monoisotopic (exact) mass is 846 g/mol. The number of nitrogens with two attached hydrogens (primary N) is 1. The van der Waals surface area contributed by atoms with E-state index in [1.54, 1.807) is 0 Å². The van der Waals surface area contributed by atoms with Gasteiger partial charge in [0.05, 0.1) is 17.1 Å². The van der Waals surface area contributed by atoms with Crippen LogP contribution in [-0.4, -0.2) is 11.5 Å². The molecule has 7 aromatic rings. The number of allylic oxidation sites excluding steroid dienone is 10. The van der Waals surface area contributed by atoms with Crippen LogP contribution in [-0.2, 0) is 0 Å². The van der Waals surface area contributed by atoms with Gasteiger partial charge >= 0.3 is 0 Å². The van der Waals surface area contributed by atoms with Crippen molar-refractivity contribution in [2.45, 2.75) is 60.3 Å². The van der Waals surface area contributed by atoms with E-state index < -0.39 is 0 Å². The van der Waals surface area contributed by atoms with Gasteiger partial charge in [0.1, 0.15) is 0 Å². The first-order chi connectivity index (χ1) is 31.9. The van der Waals surface area contributed by atoms with Crippen LogP contribution < -0.4 is 10.7 Å². The third-order valence-corrected chi connectivity index (χ3v) is 12.4. The van der Waals surface area contributed by atoms with Crippen molar-refractivity contribution in [1.29, 1.82) is 0 Å². The topological polar surface area (TPSA) is 54.0 Å². The Morgan fingerprint density at radius 2 is 1.28 bits per heavy atom. The summed E-state index contributed by atoms with van der Waals surface area (Å²) in [4.78, 5) is 7.58. The molecule has 3 aliphatic rings. The van der Waals surface area contributed by atoms with Crippen molar-refractivity contribution in [2.75, 3.05) is 4.90 Å². The van der Waals surface area contributed by atoms with Gasteiger partial charge in [0.2, 0.25) is 0 Å². The average molecular weight is 847 g/mol.